The van der Waals surface area contributed by atoms with Gasteiger partial charge in [-0.05, 0) is 54.1 Å². The average Bonchev–Trinajstić information content (AvgIpc) is 2.98. The first-order valence-electron chi connectivity index (χ1n) is 6.82. The number of hydrazone groups is 1. The van der Waals surface area contributed by atoms with Crippen molar-refractivity contribution in [3.8, 4) is 5.75 Å². The summed E-state index contributed by atoms with van der Waals surface area (Å²) in [6.45, 7) is 0. The highest BCUT2D eigenvalue weighted by Crippen LogP contribution is 2.23. The van der Waals surface area contributed by atoms with Crippen LogP contribution in [0.2, 0.25) is 0 Å². The maximum atomic E-state index is 12.0. The number of methoxy groups -OCH3 is 1. The van der Waals surface area contributed by atoms with E-state index in [0.29, 0.717) is 5.58 Å². The van der Waals surface area contributed by atoms with Crippen LogP contribution in [0, 0.1) is 0 Å². The van der Waals surface area contributed by atoms with E-state index in [9.17, 15) is 4.79 Å². The molecule has 1 amide bonds. The molecule has 0 aliphatic heterocycles. The number of hydrogen-bond donors (Lipinski definition) is 1. The van der Waals surface area contributed by atoms with Gasteiger partial charge in [-0.25, -0.2) is 5.43 Å². The molecule has 0 bridgehead atoms. The molecule has 1 N–H and O–H groups in total. The van der Waals surface area contributed by atoms with Gasteiger partial charge >= 0.3 is 5.91 Å². The lowest BCUT2D eigenvalue weighted by atomic mass is 10.2. The monoisotopic (exact) mass is 372 g/mol. The molecule has 3 aromatic rings. The van der Waals surface area contributed by atoms with Gasteiger partial charge in [0.25, 0.3) is 0 Å². The fourth-order valence-electron chi connectivity index (χ4n) is 2.04. The van der Waals surface area contributed by atoms with Crippen molar-refractivity contribution in [3.63, 3.8) is 0 Å². The van der Waals surface area contributed by atoms with E-state index in [1.807, 2.05) is 36.4 Å². The number of hydrogen-bond acceptors (Lipinski definition) is 4. The molecule has 1 heterocycles. The number of benzene rings is 2. The summed E-state index contributed by atoms with van der Waals surface area (Å²) in [4.78, 5) is 12.0. The number of carbonyl (C=O) groups is 1. The quantitative estimate of drug-likeness (QED) is 0.556. The van der Waals surface area contributed by atoms with E-state index in [4.69, 9.17) is 9.15 Å². The normalized spacial score (nSPS) is 11.0. The predicted octanol–water partition coefficient (Wildman–Crippen LogP) is 3.97. The average molecular weight is 373 g/mol. The predicted molar refractivity (Wildman–Crippen MR) is 92.0 cm³/mol. The minimum atomic E-state index is -0.401. The van der Waals surface area contributed by atoms with Gasteiger partial charge in [-0.3, -0.25) is 4.79 Å². The van der Waals surface area contributed by atoms with E-state index >= 15 is 0 Å². The molecule has 6 heteroatoms. The number of carbonyl (C=O) groups excluding carboxylic acids is 1. The molecule has 0 saturated heterocycles. The van der Waals surface area contributed by atoms with Crippen LogP contribution in [-0.4, -0.2) is 19.2 Å². The third kappa shape index (κ3) is 3.60. The number of nitrogens with zero attached hydrogens (tertiary/aromatic N) is 1. The summed E-state index contributed by atoms with van der Waals surface area (Å²) in [5.74, 6) is 0.576. The number of halogens is 1. The van der Waals surface area contributed by atoms with Crippen LogP contribution in [-0.2, 0) is 0 Å². The molecule has 23 heavy (non-hydrogen) atoms. The number of ether oxygens (including phenoxy) is 1. The van der Waals surface area contributed by atoms with Crippen molar-refractivity contribution in [1.82, 2.24) is 5.43 Å². The first-order chi connectivity index (χ1) is 11.2. The van der Waals surface area contributed by atoms with E-state index < -0.39 is 5.91 Å². The second-order valence-corrected chi connectivity index (χ2v) is 5.68. The van der Waals surface area contributed by atoms with Crippen molar-refractivity contribution in [2.24, 2.45) is 5.10 Å². The molecule has 0 saturated carbocycles. The van der Waals surface area contributed by atoms with E-state index in [1.165, 1.54) is 0 Å². The second-order valence-electron chi connectivity index (χ2n) is 4.77. The van der Waals surface area contributed by atoms with Crippen LogP contribution in [0.5, 0.6) is 5.75 Å². The zero-order valence-corrected chi connectivity index (χ0v) is 13.8. The van der Waals surface area contributed by atoms with E-state index in [-0.39, 0.29) is 5.76 Å². The lowest BCUT2D eigenvalue weighted by molar-refractivity contribution is 0.0929. The van der Waals surface area contributed by atoms with Crippen LogP contribution in [0.4, 0.5) is 0 Å². The van der Waals surface area contributed by atoms with Crippen LogP contribution in [0.1, 0.15) is 16.1 Å². The first kappa shape index (κ1) is 15.3. The summed E-state index contributed by atoms with van der Waals surface area (Å²) in [5.41, 5.74) is 3.94. The minimum absolute atomic E-state index is 0.213. The van der Waals surface area contributed by atoms with Crippen LogP contribution in [0.15, 0.2) is 62.5 Å². The Morgan fingerprint density at radius 1 is 1.22 bits per heavy atom. The van der Waals surface area contributed by atoms with Gasteiger partial charge in [0.1, 0.15) is 11.3 Å². The van der Waals surface area contributed by atoms with Gasteiger partial charge in [0.2, 0.25) is 0 Å². The summed E-state index contributed by atoms with van der Waals surface area (Å²) in [5, 5.41) is 4.78. The van der Waals surface area contributed by atoms with Gasteiger partial charge in [-0.1, -0.05) is 15.9 Å². The fraction of sp³-hybridized carbons (Fsp3) is 0.0588. The van der Waals surface area contributed by atoms with Gasteiger partial charge in [-0.2, -0.15) is 5.10 Å². The Morgan fingerprint density at radius 2 is 2.00 bits per heavy atom. The molecule has 0 radical (unpaired) electrons. The standard InChI is InChI=1S/C17H13BrN2O3/c1-22-14-5-2-11(3-6-14)10-19-20-17(21)16-9-12-8-13(18)4-7-15(12)23-16/h2-10H,1H3,(H,20,21)/b19-10+. The summed E-state index contributed by atoms with van der Waals surface area (Å²) >= 11 is 3.38. The molecular weight excluding hydrogens is 360 g/mol. The largest absolute Gasteiger partial charge is 0.497 e. The van der Waals surface area contributed by atoms with Crippen LogP contribution in [0.25, 0.3) is 11.0 Å². The van der Waals surface area contributed by atoms with Crippen molar-refractivity contribution >= 4 is 39.0 Å². The van der Waals surface area contributed by atoms with E-state index in [1.54, 1.807) is 25.5 Å². The minimum Gasteiger partial charge on any atom is -0.497 e. The van der Waals surface area contributed by atoms with Crippen molar-refractivity contribution in [2.45, 2.75) is 0 Å². The van der Waals surface area contributed by atoms with Gasteiger partial charge < -0.3 is 9.15 Å². The van der Waals surface area contributed by atoms with E-state index in [2.05, 4.69) is 26.5 Å². The summed E-state index contributed by atoms with van der Waals surface area (Å²) in [6.07, 6.45) is 1.55. The zero-order chi connectivity index (χ0) is 16.2. The van der Waals surface area contributed by atoms with Gasteiger partial charge in [-0.15, -0.1) is 0 Å². The van der Waals surface area contributed by atoms with Crippen molar-refractivity contribution in [1.29, 1.82) is 0 Å². The van der Waals surface area contributed by atoms with Gasteiger partial charge in [0, 0.05) is 9.86 Å². The molecule has 0 spiro atoms. The number of furan rings is 1. The molecule has 0 atom stereocenters. The molecule has 0 aliphatic rings. The summed E-state index contributed by atoms with van der Waals surface area (Å²) in [7, 11) is 1.61. The zero-order valence-electron chi connectivity index (χ0n) is 12.2. The molecule has 3 rings (SSSR count). The molecule has 5 nitrogen and oxygen atoms in total. The Balaban J connectivity index is 1.68. The highest BCUT2D eigenvalue weighted by molar-refractivity contribution is 9.10. The molecule has 1 aromatic heterocycles. The van der Waals surface area contributed by atoms with Crippen molar-refractivity contribution in [3.05, 3.63) is 64.3 Å². The van der Waals surface area contributed by atoms with Crippen LogP contribution < -0.4 is 10.2 Å². The summed E-state index contributed by atoms with van der Waals surface area (Å²) in [6, 6.07) is 14.5. The highest BCUT2D eigenvalue weighted by atomic mass is 79.9. The van der Waals surface area contributed by atoms with Crippen molar-refractivity contribution in [2.75, 3.05) is 7.11 Å². The lowest BCUT2D eigenvalue weighted by Gasteiger charge is -1.99. The molecule has 0 aliphatic carbocycles. The molecular formula is C17H13BrN2O3. The Bertz CT molecular complexity index is 869. The first-order valence-corrected chi connectivity index (χ1v) is 7.61. The Hall–Kier alpha value is -2.60. The lowest BCUT2D eigenvalue weighted by Crippen LogP contribution is -2.16. The highest BCUT2D eigenvalue weighted by Gasteiger charge is 2.11. The van der Waals surface area contributed by atoms with Crippen LogP contribution >= 0.6 is 15.9 Å². The molecule has 0 unspecified atom stereocenters. The third-order valence-corrected chi connectivity index (χ3v) is 3.69. The summed E-state index contributed by atoms with van der Waals surface area (Å²) < 4.78 is 11.5. The number of fused-ring (bicyclic) bond motifs is 1. The second kappa shape index (κ2) is 6.66. The van der Waals surface area contributed by atoms with Crippen molar-refractivity contribution < 1.29 is 13.9 Å². The SMILES string of the molecule is COc1ccc(/C=N/NC(=O)c2cc3cc(Br)ccc3o2)cc1. The number of rotatable bonds is 4. The van der Waals surface area contributed by atoms with Crippen LogP contribution in [0.3, 0.4) is 0 Å². The maximum absolute atomic E-state index is 12.0. The number of nitrogens with one attached hydrogen (secondary N) is 1. The molecule has 2 aromatic carbocycles. The molecule has 0 fully saturated rings. The topological polar surface area (TPSA) is 63.8 Å². The van der Waals surface area contributed by atoms with Gasteiger partial charge in [0.15, 0.2) is 5.76 Å². The van der Waals surface area contributed by atoms with Gasteiger partial charge in [0.05, 0.1) is 13.3 Å². The fourth-order valence-corrected chi connectivity index (χ4v) is 2.42. The number of amides is 1. The Labute approximate surface area is 141 Å². The smallest absolute Gasteiger partial charge is 0.307 e. The Morgan fingerprint density at radius 3 is 2.74 bits per heavy atom. The maximum Gasteiger partial charge on any atom is 0.307 e. The third-order valence-electron chi connectivity index (χ3n) is 3.20. The molecule has 116 valence electrons. The van der Waals surface area contributed by atoms with E-state index in [0.717, 1.165) is 21.2 Å². The Kier molecular flexibility index (Phi) is 4.43.